The van der Waals surface area contributed by atoms with E-state index >= 15 is 0 Å². The molecule has 0 saturated carbocycles. The SMILES string of the molecule is C[C@H](O)CCC(=O)c1ccc(Cl)c(N(C)C(=O)c2cc3c(s2)-c2ccc(Br)cc2OCC3)c1. The molecule has 172 valence electrons. The van der Waals surface area contributed by atoms with Gasteiger partial charge < -0.3 is 14.7 Å². The first kappa shape index (κ1) is 24.0. The van der Waals surface area contributed by atoms with Gasteiger partial charge in [0.1, 0.15) is 5.75 Å². The first-order valence-electron chi connectivity index (χ1n) is 10.6. The van der Waals surface area contributed by atoms with E-state index in [4.69, 9.17) is 16.3 Å². The number of rotatable bonds is 6. The van der Waals surface area contributed by atoms with E-state index in [1.54, 1.807) is 32.2 Å². The van der Waals surface area contributed by atoms with E-state index in [0.29, 0.717) is 40.6 Å². The zero-order valence-corrected chi connectivity index (χ0v) is 21.4. The third-order valence-corrected chi connectivity index (χ3v) is 7.57. The number of benzene rings is 2. The number of halogens is 2. The average Bonchev–Trinajstić information content (AvgIpc) is 3.13. The lowest BCUT2D eigenvalue weighted by Crippen LogP contribution is -2.26. The van der Waals surface area contributed by atoms with Crippen molar-refractivity contribution in [2.45, 2.75) is 32.3 Å². The number of aliphatic hydroxyl groups excluding tert-OH is 1. The molecule has 33 heavy (non-hydrogen) atoms. The highest BCUT2D eigenvalue weighted by atomic mass is 79.9. The van der Waals surface area contributed by atoms with Gasteiger partial charge in [-0.15, -0.1) is 11.3 Å². The molecule has 0 bridgehead atoms. The molecule has 0 saturated heterocycles. The van der Waals surface area contributed by atoms with Crippen molar-refractivity contribution in [1.29, 1.82) is 0 Å². The number of amides is 1. The highest BCUT2D eigenvalue weighted by Crippen LogP contribution is 2.42. The van der Waals surface area contributed by atoms with Crippen LogP contribution in [0.15, 0.2) is 46.9 Å². The van der Waals surface area contributed by atoms with Crippen molar-refractivity contribution in [3.8, 4) is 16.2 Å². The maximum Gasteiger partial charge on any atom is 0.268 e. The Bertz CT molecular complexity index is 1220. The van der Waals surface area contributed by atoms with Gasteiger partial charge in [0.05, 0.1) is 28.3 Å². The minimum atomic E-state index is -0.546. The minimum absolute atomic E-state index is 0.0970. The summed E-state index contributed by atoms with van der Waals surface area (Å²) in [4.78, 5) is 29.0. The van der Waals surface area contributed by atoms with Gasteiger partial charge in [-0.2, -0.15) is 0 Å². The van der Waals surface area contributed by atoms with Crippen molar-refractivity contribution < 1.29 is 19.4 Å². The number of nitrogens with zero attached hydrogens (tertiary/aromatic N) is 1. The van der Waals surface area contributed by atoms with E-state index in [2.05, 4.69) is 15.9 Å². The number of carbonyl (C=O) groups is 2. The summed E-state index contributed by atoms with van der Waals surface area (Å²) in [5.41, 5.74) is 2.99. The molecule has 0 unspecified atom stereocenters. The Balaban J connectivity index is 1.62. The van der Waals surface area contributed by atoms with E-state index in [1.807, 2.05) is 24.3 Å². The van der Waals surface area contributed by atoms with Crippen LogP contribution in [0, 0.1) is 0 Å². The van der Waals surface area contributed by atoms with Gasteiger partial charge in [0.25, 0.3) is 5.91 Å². The number of anilines is 1. The molecule has 1 amide bonds. The van der Waals surface area contributed by atoms with Crippen molar-refractivity contribution in [2.75, 3.05) is 18.6 Å². The second kappa shape index (κ2) is 9.97. The predicted molar refractivity (Wildman–Crippen MR) is 136 cm³/mol. The van der Waals surface area contributed by atoms with Crippen molar-refractivity contribution >= 4 is 56.2 Å². The van der Waals surface area contributed by atoms with Gasteiger partial charge in [-0.25, -0.2) is 0 Å². The lowest BCUT2D eigenvalue weighted by Gasteiger charge is -2.19. The van der Waals surface area contributed by atoms with Gasteiger partial charge in [-0.05, 0) is 61.4 Å². The van der Waals surface area contributed by atoms with E-state index in [9.17, 15) is 14.7 Å². The monoisotopic (exact) mass is 547 g/mol. The summed E-state index contributed by atoms with van der Waals surface area (Å²) in [6, 6.07) is 12.7. The summed E-state index contributed by atoms with van der Waals surface area (Å²) in [7, 11) is 1.66. The number of fused-ring (bicyclic) bond motifs is 3. The zero-order valence-electron chi connectivity index (χ0n) is 18.2. The van der Waals surface area contributed by atoms with Gasteiger partial charge in [0, 0.05) is 40.4 Å². The second-order valence-electron chi connectivity index (χ2n) is 8.05. The van der Waals surface area contributed by atoms with Gasteiger partial charge >= 0.3 is 0 Å². The highest BCUT2D eigenvalue weighted by molar-refractivity contribution is 9.10. The molecule has 0 fully saturated rings. The topological polar surface area (TPSA) is 66.8 Å². The molecule has 1 aliphatic heterocycles. The molecule has 0 spiro atoms. The normalized spacial score (nSPS) is 13.4. The van der Waals surface area contributed by atoms with Crippen molar-refractivity contribution in [2.24, 2.45) is 0 Å². The Labute approximate surface area is 210 Å². The summed E-state index contributed by atoms with van der Waals surface area (Å²) in [5.74, 6) is 0.507. The van der Waals surface area contributed by atoms with Gasteiger partial charge in [-0.3, -0.25) is 9.59 Å². The number of ketones is 1. The van der Waals surface area contributed by atoms with Crippen LogP contribution in [0.2, 0.25) is 5.02 Å². The standard InChI is InChI=1S/C25H23BrClNO4S/c1-14(29)3-8-21(30)15-4-7-19(27)20(11-15)28(2)25(31)23-12-16-9-10-32-22-13-17(26)5-6-18(22)24(16)33-23/h4-7,11-14,29H,3,8-10H2,1-2H3/t14-/m0/s1. The van der Waals surface area contributed by atoms with Crippen LogP contribution >= 0.6 is 38.9 Å². The summed E-state index contributed by atoms with van der Waals surface area (Å²) in [6.45, 7) is 2.19. The lowest BCUT2D eigenvalue weighted by atomic mass is 10.0. The molecule has 1 atom stereocenters. The maximum absolute atomic E-state index is 13.4. The quantitative estimate of drug-likeness (QED) is 0.363. The fourth-order valence-corrected chi connectivity index (χ4v) is 5.52. The fraction of sp³-hybridized carbons (Fsp3) is 0.280. The summed E-state index contributed by atoms with van der Waals surface area (Å²) in [6.07, 6.45) is 0.777. The molecule has 1 N–H and O–H groups in total. The smallest absolute Gasteiger partial charge is 0.268 e. The summed E-state index contributed by atoms with van der Waals surface area (Å²) in [5, 5.41) is 9.85. The molecule has 4 rings (SSSR count). The Morgan fingerprint density at radius 1 is 1.24 bits per heavy atom. The molecule has 8 heteroatoms. The molecule has 1 aliphatic rings. The third kappa shape index (κ3) is 5.17. The van der Waals surface area contributed by atoms with E-state index in [-0.39, 0.29) is 18.1 Å². The van der Waals surface area contributed by atoms with Crippen molar-refractivity contribution in [3.05, 3.63) is 68.0 Å². The van der Waals surface area contributed by atoms with Crippen LogP contribution in [0.5, 0.6) is 5.75 Å². The Hall–Kier alpha value is -2.19. The first-order chi connectivity index (χ1) is 15.7. The number of hydrogen-bond donors (Lipinski definition) is 1. The fourth-order valence-electron chi connectivity index (χ4n) is 3.72. The van der Waals surface area contributed by atoms with Crippen LogP contribution in [-0.4, -0.2) is 36.6 Å². The van der Waals surface area contributed by atoms with Crippen LogP contribution in [0.1, 0.15) is 45.4 Å². The first-order valence-corrected chi connectivity index (χ1v) is 12.6. The van der Waals surface area contributed by atoms with Crippen LogP contribution in [0.4, 0.5) is 5.69 Å². The van der Waals surface area contributed by atoms with E-state index in [0.717, 1.165) is 26.2 Å². The molecule has 5 nitrogen and oxygen atoms in total. The van der Waals surface area contributed by atoms with E-state index < -0.39 is 6.10 Å². The largest absolute Gasteiger partial charge is 0.493 e. The van der Waals surface area contributed by atoms with Crippen LogP contribution in [0.25, 0.3) is 10.4 Å². The van der Waals surface area contributed by atoms with Gasteiger partial charge in [0.2, 0.25) is 0 Å². The van der Waals surface area contributed by atoms with Gasteiger partial charge in [-0.1, -0.05) is 27.5 Å². The summed E-state index contributed by atoms with van der Waals surface area (Å²) < 4.78 is 6.83. The number of ether oxygens (including phenoxy) is 1. The van der Waals surface area contributed by atoms with Crippen LogP contribution in [-0.2, 0) is 6.42 Å². The maximum atomic E-state index is 13.4. The molecule has 2 heterocycles. The van der Waals surface area contributed by atoms with Crippen LogP contribution < -0.4 is 9.64 Å². The number of thiophene rings is 1. The van der Waals surface area contributed by atoms with Gasteiger partial charge in [0.15, 0.2) is 5.78 Å². The number of carbonyl (C=O) groups excluding carboxylic acids is 2. The zero-order chi connectivity index (χ0) is 23.7. The number of aliphatic hydroxyl groups is 1. The molecule has 0 aliphatic carbocycles. The Morgan fingerprint density at radius 2 is 2.03 bits per heavy atom. The molecule has 1 aromatic heterocycles. The molecule has 0 radical (unpaired) electrons. The van der Waals surface area contributed by atoms with E-state index in [1.165, 1.54) is 16.2 Å². The predicted octanol–water partition coefficient (Wildman–Crippen LogP) is 6.39. The Morgan fingerprint density at radius 3 is 2.79 bits per heavy atom. The average molecular weight is 549 g/mol. The summed E-state index contributed by atoms with van der Waals surface area (Å²) >= 11 is 11.3. The number of Topliss-reactive ketones (excluding diaryl/α,β-unsaturated/α-hetero) is 1. The minimum Gasteiger partial charge on any atom is -0.493 e. The Kier molecular flexibility index (Phi) is 7.24. The lowest BCUT2D eigenvalue weighted by molar-refractivity contribution is 0.0947. The second-order valence-corrected chi connectivity index (χ2v) is 10.4. The molecule has 2 aromatic carbocycles. The molecular weight excluding hydrogens is 526 g/mol. The van der Waals surface area contributed by atoms with Crippen molar-refractivity contribution in [1.82, 2.24) is 0 Å². The number of hydrogen-bond acceptors (Lipinski definition) is 5. The third-order valence-electron chi connectivity index (χ3n) is 5.56. The molecule has 3 aromatic rings. The van der Waals surface area contributed by atoms with Crippen LogP contribution in [0.3, 0.4) is 0 Å². The highest BCUT2D eigenvalue weighted by Gasteiger charge is 2.24. The molecular formula is C25H23BrClNO4S. The van der Waals surface area contributed by atoms with Crippen molar-refractivity contribution in [3.63, 3.8) is 0 Å².